The van der Waals surface area contributed by atoms with Gasteiger partial charge in [0.15, 0.2) is 5.82 Å². The number of nitrogens with two attached hydrogens (primary N) is 1. The van der Waals surface area contributed by atoms with Crippen molar-refractivity contribution in [3.63, 3.8) is 0 Å². The van der Waals surface area contributed by atoms with Gasteiger partial charge in [0, 0.05) is 25.6 Å². The Morgan fingerprint density at radius 2 is 2.33 bits per heavy atom. The second-order valence-corrected chi connectivity index (χ2v) is 4.01. The molecule has 0 aliphatic rings. The van der Waals surface area contributed by atoms with Crippen LogP contribution in [-0.4, -0.2) is 29.0 Å². The summed E-state index contributed by atoms with van der Waals surface area (Å²) in [4.78, 5) is 18.9. The molecule has 18 heavy (non-hydrogen) atoms. The third-order valence-corrected chi connectivity index (χ3v) is 2.28. The van der Waals surface area contributed by atoms with Crippen molar-refractivity contribution in [2.75, 3.05) is 18.5 Å². The fourth-order valence-electron chi connectivity index (χ4n) is 1.29. The molecule has 0 radical (unpaired) electrons. The smallest absolute Gasteiger partial charge is 0.217 e. The molecule has 0 atom stereocenters. The van der Waals surface area contributed by atoms with Crippen LogP contribution in [0.15, 0.2) is 6.07 Å². The van der Waals surface area contributed by atoms with Gasteiger partial charge in [-0.15, -0.1) is 0 Å². The van der Waals surface area contributed by atoms with Crippen LogP contribution in [0.5, 0.6) is 0 Å². The number of carbonyl (C=O) groups excluding carboxylic acids is 1. The van der Waals surface area contributed by atoms with Crippen molar-refractivity contribution < 1.29 is 9.53 Å². The van der Waals surface area contributed by atoms with Gasteiger partial charge >= 0.3 is 0 Å². The Morgan fingerprint density at radius 3 is 3.00 bits per heavy atom. The number of rotatable bonds is 8. The number of nitrogens with zero attached hydrogens (tertiary/aromatic N) is 2. The Morgan fingerprint density at radius 1 is 1.56 bits per heavy atom. The lowest BCUT2D eigenvalue weighted by Crippen LogP contribution is -2.13. The van der Waals surface area contributed by atoms with Gasteiger partial charge in [-0.2, -0.15) is 0 Å². The SMILES string of the molecule is CCOCc1nc(Cl)cc(NCCCC(N)=O)n1. The van der Waals surface area contributed by atoms with E-state index in [1.165, 1.54) is 0 Å². The van der Waals surface area contributed by atoms with E-state index in [0.717, 1.165) is 0 Å². The van der Waals surface area contributed by atoms with Crippen LogP contribution in [0.4, 0.5) is 5.82 Å². The van der Waals surface area contributed by atoms with E-state index < -0.39 is 0 Å². The molecule has 0 fully saturated rings. The highest BCUT2D eigenvalue weighted by Gasteiger charge is 2.03. The number of carbonyl (C=O) groups is 1. The monoisotopic (exact) mass is 272 g/mol. The number of primary amides is 1. The lowest BCUT2D eigenvalue weighted by molar-refractivity contribution is -0.118. The molecular weight excluding hydrogens is 256 g/mol. The van der Waals surface area contributed by atoms with Crippen LogP contribution in [0.3, 0.4) is 0 Å². The second kappa shape index (κ2) is 7.84. The van der Waals surface area contributed by atoms with Crippen molar-refractivity contribution in [2.45, 2.75) is 26.4 Å². The molecule has 1 rings (SSSR count). The van der Waals surface area contributed by atoms with Crippen molar-refractivity contribution in [2.24, 2.45) is 5.73 Å². The normalized spacial score (nSPS) is 10.3. The van der Waals surface area contributed by atoms with Gasteiger partial charge < -0.3 is 15.8 Å². The van der Waals surface area contributed by atoms with Gasteiger partial charge in [-0.3, -0.25) is 4.79 Å². The fourth-order valence-corrected chi connectivity index (χ4v) is 1.49. The minimum Gasteiger partial charge on any atom is -0.374 e. The predicted octanol–water partition coefficient (Wildman–Crippen LogP) is 1.34. The molecule has 3 N–H and O–H groups in total. The van der Waals surface area contributed by atoms with Gasteiger partial charge in [0.1, 0.15) is 17.6 Å². The molecule has 6 nitrogen and oxygen atoms in total. The van der Waals surface area contributed by atoms with Crippen LogP contribution >= 0.6 is 11.6 Å². The second-order valence-electron chi connectivity index (χ2n) is 3.63. The molecular formula is C11H17ClN4O2. The van der Waals surface area contributed by atoms with Crippen LogP contribution < -0.4 is 11.1 Å². The maximum absolute atomic E-state index is 10.6. The van der Waals surface area contributed by atoms with Gasteiger partial charge in [-0.25, -0.2) is 9.97 Å². The van der Waals surface area contributed by atoms with Crippen LogP contribution in [-0.2, 0) is 16.1 Å². The molecule has 7 heteroatoms. The van der Waals surface area contributed by atoms with E-state index in [1.54, 1.807) is 6.07 Å². The first kappa shape index (κ1) is 14.7. The lowest BCUT2D eigenvalue weighted by atomic mass is 10.3. The number of nitrogens with one attached hydrogen (secondary N) is 1. The number of halogens is 1. The average Bonchev–Trinajstić information content (AvgIpc) is 2.31. The lowest BCUT2D eigenvalue weighted by Gasteiger charge is -2.07. The minimum absolute atomic E-state index is 0.311. The summed E-state index contributed by atoms with van der Waals surface area (Å²) in [7, 11) is 0. The number of hydrogen-bond donors (Lipinski definition) is 2. The summed E-state index contributed by atoms with van der Waals surface area (Å²) < 4.78 is 5.21. The van der Waals surface area contributed by atoms with E-state index in [2.05, 4.69) is 15.3 Å². The third-order valence-electron chi connectivity index (χ3n) is 2.08. The van der Waals surface area contributed by atoms with Crippen LogP contribution in [0, 0.1) is 0 Å². The fraction of sp³-hybridized carbons (Fsp3) is 0.545. The molecule has 0 aromatic carbocycles. The summed E-state index contributed by atoms with van der Waals surface area (Å²) in [6.07, 6.45) is 0.995. The molecule has 1 aromatic rings. The molecule has 0 bridgehead atoms. The zero-order valence-corrected chi connectivity index (χ0v) is 11.0. The topological polar surface area (TPSA) is 90.1 Å². The van der Waals surface area contributed by atoms with E-state index in [9.17, 15) is 4.79 Å². The van der Waals surface area contributed by atoms with Crippen LogP contribution in [0.1, 0.15) is 25.6 Å². The quantitative estimate of drug-likeness (QED) is 0.551. The van der Waals surface area contributed by atoms with Gasteiger partial charge in [-0.05, 0) is 13.3 Å². The van der Waals surface area contributed by atoms with Crippen LogP contribution in [0.2, 0.25) is 5.15 Å². The highest BCUT2D eigenvalue weighted by molar-refractivity contribution is 6.29. The standard InChI is InChI=1S/C11H17ClN4O2/c1-2-18-7-11-15-8(12)6-10(16-11)14-5-3-4-9(13)17/h6H,2-5,7H2,1H3,(H2,13,17)(H,14,15,16). The summed E-state index contributed by atoms with van der Waals surface area (Å²) in [5.74, 6) is 0.838. The highest BCUT2D eigenvalue weighted by atomic mass is 35.5. The third kappa shape index (κ3) is 5.79. The van der Waals surface area contributed by atoms with E-state index in [-0.39, 0.29) is 5.91 Å². The molecule has 1 amide bonds. The summed E-state index contributed by atoms with van der Waals surface area (Å²) in [6.45, 7) is 3.42. The number of ether oxygens (including phenoxy) is 1. The number of hydrogen-bond acceptors (Lipinski definition) is 5. The van der Waals surface area contributed by atoms with Crippen molar-refractivity contribution >= 4 is 23.3 Å². The number of amides is 1. The summed E-state index contributed by atoms with van der Waals surface area (Å²) in [5, 5.41) is 3.42. The molecule has 0 unspecified atom stereocenters. The molecule has 0 saturated carbocycles. The Bertz CT molecular complexity index is 401. The molecule has 0 spiro atoms. The average molecular weight is 273 g/mol. The van der Waals surface area contributed by atoms with Gasteiger partial charge in [0.2, 0.25) is 5.91 Å². The van der Waals surface area contributed by atoms with Crippen molar-refractivity contribution in [3.8, 4) is 0 Å². The zero-order chi connectivity index (χ0) is 13.4. The predicted molar refractivity (Wildman–Crippen MR) is 69.3 cm³/mol. The van der Waals surface area contributed by atoms with Gasteiger partial charge in [0.05, 0.1) is 0 Å². The Kier molecular flexibility index (Phi) is 6.38. The zero-order valence-electron chi connectivity index (χ0n) is 10.3. The summed E-state index contributed by atoms with van der Waals surface area (Å²) in [5.41, 5.74) is 5.05. The molecule has 0 aliphatic carbocycles. The number of anilines is 1. The molecule has 1 aromatic heterocycles. The van der Waals surface area contributed by atoms with E-state index >= 15 is 0 Å². The first-order chi connectivity index (χ1) is 8.61. The van der Waals surface area contributed by atoms with E-state index in [1.807, 2.05) is 6.92 Å². The first-order valence-electron chi connectivity index (χ1n) is 5.75. The molecule has 0 saturated heterocycles. The minimum atomic E-state index is -0.311. The number of aromatic nitrogens is 2. The van der Waals surface area contributed by atoms with Gasteiger partial charge in [-0.1, -0.05) is 11.6 Å². The maximum atomic E-state index is 10.6. The van der Waals surface area contributed by atoms with Gasteiger partial charge in [0.25, 0.3) is 0 Å². The molecule has 0 aliphatic heterocycles. The van der Waals surface area contributed by atoms with E-state index in [0.29, 0.717) is 49.4 Å². The van der Waals surface area contributed by atoms with Crippen molar-refractivity contribution in [1.29, 1.82) is 0 Å². The molecule has 1 heterocycles. The maximum Gasteiger partial charge on any atom is 0.217 e. The summed E-state index contributed by atoms with van der Waals surface area (Å²) >= 11 is 5.87. The van der Waals surface area contributed by atoms with Crippen LogP contribution in [0.25, 0.3) is 0 Å². The Labute approximate surface area is 111 Å². The highest BCUT2D eigenvalue weighted by Crippen LogP contribution is 2.12. The van der Waals surface area contributed by atoms with E-state index in [4.69, 9.17) is 22.1 Å². The van der Waals surface area contributed by atoms with Crippen molar-refractivity contribution in [3.05, 3.63) is 17.0 Å². The Hall–Kier alpha value is -1.40. The summed E-state index contributed by atoms with van der Waals surface area (Å²) in [6, 6.07) is 1.63. The Balaban J connectivity index is 2.48. The largest absolute Gasteiger partial charge is 0.374 e. The van der Waals surface area contributed by atoms with Crippen molar-refractivity contribution in [1.82, 2.24) is 9.97 Å². The first-order valence-corrected chi connectivity index (χ1v) is 6.13. The molecule has 100 valence electrons.